The number of rotatable bonds is 1. The van der Waals surface area contributed by atoms with Crippen LogP contribution >= 0.6 is 0 Å². The lowest BCUT2D eigenvalue weighted by atomic mass is 9.95. The van der Waals surface area contributed by atoms with Crippen LogP contribution in [0.2, 0.25) is 0 Å². The molecular formula is C13H17NO2. The molecule has 16 heavy (non-hydrogen) atoms. The molecule has 0 aliphatic carbocycles. The third-order valence-corrected chi connectivity index (χ3v) is 3.10. The monoisotopic (exact) mass is 219 g/mol. The summed E-state index contributed by atoms with van der Waals surface area (Å²) in [5, 5.41) is 21.0. The Balaban J connectivity index is 2.83. The summed E-state index contributed by atoms with van der Waals surface area (Å²) in [5.74, 6) is 0.173. The fourth-order valence-corrected chi connectivity index (χ4v) is 2.05. The maximum Gasteiger partial charge on any atom is 0.131 e. The summed E-state index contributed by atoms with van der Waals surface area (Å²) < 4.78 is 0. The molecule has 0 saturated carbocycles. The standard InChI is InChI=1S/C13H17NO2/c1-7-8(2)14-10-6-5-9(13(3,4)16)12(15)11(7)10/h5-6,14-16H,1-4H3. The number of phenolic OH excluding ortho intramolecular Hbond substituents is 1. The lowest BCUT2D eigenvalue weighted by molar-refractivity contribution is 0.0761. The first-order chi connectivity index (χ1) is 7.32. The zero-order chi connectivity index (χ0) is 12.1. The Kier molecular flexibility index (Phi) is 2.24. The second-order valence-corrected chi connectivity index (χ2v) is 4.82. The summed E-state index contributed by atoms with van der Waals surface area (Å²) in [7, 11) is 0. The smallest absolute Gasteiger partial charge is 0.131 e. The van der Waals surface area contributed by atoms with E-state index in [9.17, 15) is 10.2 Å². The molecule has 3 N–H and O–H groups in total. The minimum Gasteiger partial charge on any atom is -0.507 e. The second-order valence-electron chi connectivity index (χ2n) is 4.82. The quantitative estimate of drug-likeness (QED) is 0.690. The number of fused-ring (bicyclic) bond motifs is 1. The third-order valence-electron chi connectivity index (χ3n) is 3.10. The van der Waals surface area contributed by atoms with Gasteiger partial charge in [-0.05, 0) is 39.3 Å². The first-order valence-electron chi connectivity index (χ1n) is 5.36. The van der Waals surface area contributed by atoms with Crippen molar-refractivity contribution in [1.29, 1.82) is 0 Å². The molecule has 0 aliphatic heterocycles. The van der Waals surface area contributed by atoms with Crippen LogP contribution in [0.5, 0.6) is 5.75 Å². The van der Waals surface area contributed by atoms with Gasteiger partial charge in [0.2, 0.25) is 0 Å². The molecule has 0 spiro atoms. The van der Waals surface area contributed by atoms with E-state index in [4.69, 9.17) is 0 Å². The minimum absolute atomic E-state index is 0.173. The number of aliphatic hydroxyl groups is 1. The van der Waals surface area contributed by atoms with Crippen LogP contribution in [0.15, 0.2) is 12.1 Å². The molecule has 2 rings (SSSR count). The van der Waals surface area contributed by atoms with Crippen molar-refractivity contribution >= 4 is 10.9 Å². The lowest BCUT2D eigenvalue weighted by Crippen LogP contribution is -2.15. The Morgan fingerprint density at radius 3 is 2.38 bits per heavy atom. The van der Waals surface area contributed by atoms with E-state index in [1.165, 1.54) is 0 Å². The van der Waals surface area contributed by atoms with Gasteiger partial charge in [-0.25, -0.2) is 0 Å². The van der Waals surface area contributed by atoms with Crippen LogP contribution in [-0.2, 0) is 5.60 Å². The van der Waals surface area contributed by atoms with Crippen molar-refractivity contribution < 1.29 is 10.2 Å². The average molecular weight is 219 g/mol. The Hall–Kier alpha value is -1.48. The number of aromatic amines is 1. The van der Waals surface area contributed by atoms with Gasteiger partial charge >= 0.3 is 0 Å². The highest BCUT2D eigenvalue weighted by Gasteiger charge is 2.23. The molecule has 0 amide bonds. The van der Waals surface area contributed by atoms with Gasteiger partial charge in [-0.1, -0.05) is 6.07 Å². The topological polar surface area (TPSA) is 56.2 Å². The maximum absolute atomic E-state index is 10.2. The van der Waals surface area contributed by atoms with Gasteiger partial charge in [-0.3, -0.25) is 0 Å². The minimum atomic E-state index is -1.03. The molecule has 2 aromatic rings. The fourth-order valence-electron chi connectivity index (χ4n) is 2.05. The van der Waals surface area contributed by atoms with Crippen molar-refractivity contribution in [3.8, 4) is 5.75 Å². The van der Waals surface area contributed by atoms with Crippen molar-refractivity contribution in [2.45, 2.75) is 33.3 Å². The fraction of sp³-hybridized carbons (Fsp3) is 0.385. The zero-order valence-electron chi connectivity index (χ0n) is 10.0. The van der Waals surface area contributed by atoms with Crippen LogP contribution in [-0.4, -0.2) is 15.2 Å². The number of benzene rings is 1. The predicted molar refractivity (Wildman–Crippen MR) is 64.7 cm³/mol. The molecule has 86 valence electrons. The summed E-state index contributed by atoms with van der Waals surface area (Å²) in [4.78, 5) is 3.20. The van der Waals surface area contributed by atoms with Crippen molar-refractivity contribution in [2.24, 2.45) is 0 Å². The highest BCUT2D eigenvalue weighted by molar-refractivity contribution is 5.91. The summed E-state index contributed by atoms with van der Waals surface area (Å²) in [6, 6.07) is 3.65. The zero-order valence-corrected chi connectivity index (χ0v) is 10.0. The van der Waals surface area contributed by atoms with Crippen LogP contribution in [0.1, 0.15) is 30.7 Å². The largest absolute Gasteiger partial charge is 0.507 e. The van der Waals surface area contributed by atoms with Crippen molar-refractivity contribution in [2.75, 3.05) is 0 Å². The number of aromatic nitrogens is 1. The normalized spacial score (nSPS) is 12.3. The van der Waals surface area contributed by atoms with Gasteiger partial charge in [-0.15, -0.1) is 0 Å². The van der Waals surface area contributed by atoms with E-state index in [2.05, 4.69) is 4.98 Å². The molecule has 1 aromatic carbocycles. The molecule has 1 aromatic heterocycles. The van der Waals surface area contributed by atoms with E-state index < -0.39 is 5.60 Å². The highest BCUT2D eigenvalue weighted by Crippen LogP contribution is 2.37. The predicted octanol–water partition coefficient (Wildman–Crippen LogP) is 2.72. The second kappa shape index (κ2) is 3.25. The van der Waals surface area contributed by atoms with Crippen molar-refractivity contribution in [3.63, 3.8) is 0 Å². The average Bonchev–Trinajstić information content (AvgIpc) is 2.41. The van der Waals surface area contributed by atoms with Gasteiger partial charge < -0.3 is 15.2 Å². The number of aromatic hydroxyl groups is 1. The molecule has 0 bridgehead atoms. The van der Waals surface area contributed by atoms with E-state index >= 15 is 0 Å². The van der Waals surface area contributed by atoms with E-state index in [-0.39, 0.29) is 5.75 Å². The molecule has 3 nitrogen and oxygen atoms in total. The van der Waals surface area contributed by atoms with Gasteiger partial charge in [0.1, 0.15) is 5.75 Å². The van der Waals surface area contributed by atoms with Crippen molar-refractivity contribution in [3.05, 3.63) is 29.0 Å². The number of aryl methyl sites for hydroxylation is 2. The van der Waals surface area contributed by atoms with Gasteiger partial charge in [0.15, 0.2) is 0 Å². The number of hydrogen-bond acceptors (Lipinski definition) is 2. The number of hydrogen-bond donors (Lipinski definition) is 3. The van der Waals surface area contributed by atoms with Gasteiger partial charge in [0, 0.05) is 22.2 Å². The number of H-pyrrole nitrogens is 1. The van der Waals surface area contributed by atoms with Gasteiger partial charge in [0.05, 0.1) is 5.60 Å². The van der Waals surface area contributed by atoms with Crippen LogP contribution < -0.4 is 0 Å². The van der Waals surface area contributed by atoms with E-state index in [1.54, 1.807) is 19.9 Å². The van der Waals surface area contributed by atoms with Gasteiger partial charge in [0.25, 0.3) is 0 Å². The number of nitrogens with one attached hydrogen (secondary N) is 1. The molecule has 1 heterocycles. The first kappa shape index (κ1) is 11.0. The molecule has 0 saturated heterocycles. The Labute approximate surface area is 94.7 Å². The van der Waals surface area contributed by atoms with Crippen molar-refractivity contribution in [1.82, 2.24) is 4.98 Å². The van der Waals surface area contributed by atoms with Crippen LogP contribution in [0.4, 0.5) is 0 Å². The Bertz CT molecular complexity index is 547. The maximum atomic E-state index is 10.2. The van der Waals surface area contributed by atoms with E-state index in [1.807, 2.05) is 19.9 Å². The van der Waals surface area contributed by atoms with Crippen LogP contribution in [0.3, 0.4) is 0 Å². The Morgan fingerprint density at radius 1 is 1.19 bits per heavy atom. The molecule has 0 fully saturated rings. The lowest BCUT2D eigenvalue weighted by Gasteiger charge is -2.19. The van der Waals surface area contributed by atoms with E-state index in [0.29, 0.717) is 5.56 Å². The summed E-state index contributed by atoms with van der Waals surface area (Å²) in [6.07, 6.45) is 0. The first-order valence-corrected chi connectivity index (χ1v) is 5.36. The Morgan fingerprint density at radius 2 is 1.81 bits per heavy atom. The molecule has 0 aliphatic rings. The molecule has 0 atom stereocenters. The summed E-state index contributed by atoms with van der Waals surface area (Å²) >= 11 is 0. The van der Waals surface area contributed by atoms with E-state index in [0.717, 1.165) is 22.2 Å². The summed E-state index contributed by atoms with van der Waals surface area (Å²) in [5.41, 5.74) is 2.50. The molecule has 0 radical (unpaired) electrons. The highest BCUT2D eigenvalue weighted by atomic mass is 16.3. The molecule has 0 unspecified atom stereocenters. The number of phenols is 1. The third kappa shape index (κ3) is 1.48. The molecule has 3 heteroatoms. The van der Waals surface area contributed by atoms with Crippen LogP contribution in [0, 0.1) is 13.8 Å². The van der Waals surface area contributed by atoms with Crippen LogP contribution in [0.25, 0.3) is 10.9 Å². The SMILES string of the molecule is Cc1[nH]c2ccc(C(C)(C)O)c(O)c2c1C. The van der Waals surface area contributed by atoms with Gasteiger partial charge in [-0.2, -0.15) is 0 Å². The molecular weight excluding hydrogens is 202 g/mol. The summed E-state index contributed by atoms with van der Waals surface area (Å²) in [6.45, 7) is 7.27.